The molecular weight excluding hydrogens is 435 g/mol. The lowest BCUT2D eigenvalue weighted by molar-refractivity contribution is 0.573. The molecule has 7 heteroatoms. The first kappa shape index (κ1) is 25.4. The number of hydrogen-bond donors (Lipinski definition) is 0. The highest BCUT2D eigenvalue weighted by Crippen LogP contribution is 2.27. The number of aryl methyl sites for hydroxylation is 1. The van der Waals surface area contributed by atoms with E-state index in [1.807, 2.05) is 0 Å². The van der Waals surface area contributed by atoms with Crippen LogP contribution in [0.2, 0.25) is 6.04 Å². The Morgan fingerprint density at radius 1 is 0.704 bits per heavy atom. The summed E-state index contributed by atoms with van der Waals surface area (Å²) in [5.74, 6) is 0. The number of hydrogen-bond acceptors (Lipinski definition) is 3. The van der Waals surface area contributed by atoms with Crippen molar-refractivity contribution in [3.8, 4) is 0 Å². The number of rotatable bonds is 18. The number of thiophene rings is 1. The molecule has 0 amide bonds. The molecular formula is C20H35Cl3N2SSi. The topological polar surface area (TPSA) is 24.7 Å². The third-order valence-corrected chi connectivity index (χ3v) is 7.98. The van der Waals surface area contributed by atoms with Crippen molar-refractivity contribution in [2.45, 2.75) is 89.5 Å². The van der Waals surface area contributed by atoms with Crippen LogP contribution in [0.25, 0.3) is 0 Å². The minimum Gasteiger partial charge on any atom is -0.194 e. The van der Waals surface area contributed by atoms with Gasteiger partial charge in [-0.15, -0.1) is 33.2 Å². The van der Waals surface area contributed by atoms with Crippen LogP contribution in [0, 0.1) is 0 Å². The summed E-state index contributed by atoms with van der Waals surface area (Å²) in [7, 11) is 0. The van der Waals surface area contributed by atoms with Crippen molar-refractivity contribution in [2.24, 2.45) is 10.2 Å². The summed E-state index contributed by atoms with van der Waals surface area (Å²) in [5, 5.41) is 13.0. The molecule has 0 radical (unpaired) electrons. The van der Waals surface area contributed by atoms with E-state index in [1.54, 1.807) is 11.3 Å². The van der Waals surface area contributed by atoms with Gasteiger partial charge in [0.1, 0.15) is 0 Å². The van der Waals surface area contributed by atoms with Crippen LogP contribution in [-0.2, 0) is 6.42 Å². The maximum atomic E-state index is 5.88. The van der Waals surface area contributed by atoms with Crippen molar-refractivity contribution in [3.63, 3.8) is 0 Å². The molecule has 1 aromatic rings. The number of nitrogens with zero attached hydrogens (tertiary/aromatic N) is 2. The molecule has 1 heterocycles. The standard InChI is InChI=1S/C20H35Cl3N2SSi/c21-27(22,23)18-12-8-4-2-1-3-6-10-15-24-25-16-11-7-5-9-13-20-14-17-26-19-20/h14,17,19H,1-13,15-16,18H2. The monoisotopic (exact) mass is 468 g/mol. The Morgan fingerprint density at radius 3 is 1.74 bits per heavy atom. The Morgan fingerprint density at radius 2 is 1.22 bits per heavy atom. The minimum atomic E-state index is -2.38. The maximum Gasteiger partial charge on any atom is 0.341 e. The Labute approximate surface area is 185 Å². The van der Waals surface area contributed by atoms with Gasteiger partial charge in [-0.1, -0.05) is 57.8 Å². The summed E-state index contributed by atoms with van der Waals surface area (Å²) in [6.45, 7) is 1.79. The lowest BCUT2D eigenvalue weighted by Gasteiger charge is -2.06. The van der Waals surface area contributed by atoms with Crippen molar-refractivity contribution in [1.29, 1.82) is 0 Å². The van der Waals surface area contributed by atoms with Gasteiger partial charge in [0.2, 0.25) is 0 Å². The van der Waals surface area contributed by atoms with Gasteiger partial charge in [0.05, 0.1) is 13.1 Å². The van der Waals surface area contributed by atoms with E-state index in [9.17, 15) is 0 Å². The van der Waals surface area contributed by atoms with E-state index in [-0.39, 0.29) is 0 Å². The van der Waals surface area contributed by atoms with Gasteiger partial charge >= 0.3 is 6.00 Å². The van der Waals surface area contributed by atoms with Crippen LogP contribution < -0.4 is 0 Å². The van der Waals surface area contributed by atoms with Crippen LogP contribution in [0.15, 0.2) is 27.1 Å². The molecule has 0 bridgehead atoms. The number of halogens is 3. The van der Waals surface area contributed by atoms with Crippen LogP contribution in [0.1, 0.15) is 82.6 Å². The van der Waals surface area contributed by atoms with Gasteiger partial charge in [-0.05, 0) is 54.1 Å². The third-order valence-electron chi connectivity index (χ3n) is 4.62. The summed E-state index contributed by atoms with van der Waals surface area (Å²) in [6, 6.07) is 0.656. The maximum absolute atomic E-state index is 5.88. The fourth-order valence-electron chi connectivity index (χ4n) is 3.01. The molecule has 1 aromatic heterocycles. The molecule has 27 heavy (non-hydrogen) atoms. The highest BCUT2D eigenvalue weighted by molar-refractivity contribution is 7.64. The number of azo groups is 1. The Hall–Kier alpha value is 0.387. The molecule has 0 saturated heterocycles. The molecule has 0 fully saturated rings. The predicted molar refractivity (Wildman–Crippen MR) is 126 cm³/mol. The van der Waals surface area contributed by atoms with E-state index in [2.05, 4.69) is 27.1 Å². The van der Waals surface area contributed by atoms with Gasteiger partial charge < -0.3 is 0 Å². The van der Waals surface area contributed by atoms with Crippen LogP contribution in [0.5, 0.6) is 0 Å². The first-order valence-electron chi connectivity index (χ1n) is 10.5. The van der Waals surface area contributed by atoms with Crippen LogP contribution in [0.4, 0.5) is 0 Å². The SMILES string of the molecule is Cl[Si](Cl)(Cl)CCCCCCCCCCN=NCCCCCCc1ccsc1. The van der Waals surface area contributed by atoms with Gasteiger partial charge in [0.25, 0.3) is 0 Å². The van der Waals surface area contributed by atoms with E-state index in [4.69, 9.17) is 33.2 Å². The molecule has 0 aromatic carbocycles. The zero-order valence-corrected chi connectivity index (χ0v) is 20.6. The Kier molecular flexibility index (Phi) is 16.3. The Balaban J connectivity index is 1.73. The molecule has 0 aliphatic heterocycles. The molecule has 0 aliphatic carbocycles. The molecule has 156 valence electrons. The molecule has 0 N–H and O–H groups in total. The average Bonchev–Trinajstić information content (AvgIpc) is 3.13. The highest BCUT2D eigenvalue weighted by atomic mass is 35.8. The van der Waals surface area contributed by atoms with Gasteiger partial charge in [-0.25, -0.2) is 0 Å². The van der Waals surface area contributed by atoms with Crippen molar-refractivity contribution >= 4 is 50.6 Å². The van der Waals surface area contributed by atoms with Crippen molar-refractivity contribution in [1.82, 2.24) is 0 Å². The second-order valence-electron chi connectivity index (χ2n) is 7.22. The van der Waals surface area contributed by atoms with Crippen molar-refractivity contribution < 1.29 is 0 Å². The molecule has 0 unspecified atom stereocenters. The second-order valence-corrected chi connectivity index (χ2v) is 17.3. The summed E-state index contributed by atoms with van der Waals surface area (Å²) < 4.78 is 0. The van der Waals surface area contributed by atoms with Gasteiger partial charge in [-0.2, -0.15) is 21.6 Å². The number of unbranched alkanes of at least 4 members (excludes halogenated alkanes) is 10. The van der Waals surface area contributed by atoms with E-state index in [0.717, 1.165) is 25.6 Å². The quantitative estimate of drug-likeness (QED) is 0.0886. The van der Waals surface area contributed by atoms with E-state index < -0.39 is 6.00 Å². The van der Waals surface area contributed by atoms with Crippen LogP contribution in [0.3, 0.4) is 0 Å². The smallest absolute Gasteiger partial charge is 0.194 e. The normalized spacial score (nSPS) is 12.3. The summed E-state index contributed by atoms with van der Waals surface area (Å²) in [6.07, 6.45) is 16.2. The fourth-order valence-corrected chi connectivity index (χ4v) is 5.57. The van der Waals surface area contributed by atoms with Crippen LogP contribution >= 0.6 is 44.6 Å². The van der Waals surface area contributed by atoms with E-state index in [1.165, 1.54) is 82.6 Å². The van der Waals surface area contributed by atoms with Gasteiger partial charge in [0, 0.05) is 0 Å². The largest absolute Gasteiger partial charge is 0.341 e. The van der Waals surface area contributed by atoms with Crippen LogP contribution in [-0.4, -0.2) is 19.1 Å². The van der Waals surface area contributed by atoms with Crippen molar-refractivity contribution in [2.75, 3.05) is 13.1 Å². The summed E-state index contributed by atoms with van der Waals surface area (Å²) in [5.41, 5.74) is 1.49. The van der Waals surface area contributed by atoms with Crippen molar-refractivity contribution in [3.05, 3.63) is 22.4 Å². The molecule has 1 rings (SSSR count). The zero-order chi connectivity index (χ0) is 19.6. The van der Waals surface area contributed by atoms with Gasteiger partial charge in [0.15, 0.2) is 0 Å². The second kappa shape index (κ2) is 17.3. The highest BCUT2D eigenvalue weighted by Gasteiger charge is 2.23. The third kappa shape index (κ3) is 18.2. The zero-order valence-electron chi connectivity index (χ0n) is 16.5. The van der Waals surface area contributed by atoms with E-state index in [0.29, 0.717) is 0 Å². The average molecular weight is 470 g/mol. The molecule has 0 saturated carbocycles. The first-order valence-corrected chi connectivity index (χ1v) is 16.7. The molecule has 2 nitrogen and oxygen atoms in total. The van der Waals surface area contributed by atoms with E-state index >= 15 is 0 Å². The summed E-state index contributed by atoms with van der Waals surface area (Å²) >= 11 is 19.4. The molecule has 0 atom stereocenters. The lowest BCUT2D eigenvalue weighted by atomic mass is 10.1. The molecule has 0 spiro atoms. The summed E-state index contributed by atoms with van der Waals surface area (Å²) in [4.78, 5) is 0. The Bertz CT molecular complexity index is 464. The molecule has 0 aliphatic rings. The fraction of sp³-hybridized carbons (Fsp3) is 0.800. The minimum absolute atomic E-state index is 0.803. The van der Waals surface area contributed by atoms with Gasteiger partial charge in [-0.3, -0.25) is 0 Å². The lowest BCUT2D eigenvalue weighted by Crippen LogP contribution is -2.07. The first-order chi connectivity index (χ1) is 13.1. The predicted octanol–water partition coefficient (Wildman–Crippen LogP) is 9.08.